The van der Waals surface area contributed by atoms with E-state index in [0.29, 0.717) is 27.3 Å². The van der Waals surface area contributed by atoms with Gasteiger partial charge in [-0.05, 0) is 44.5 Å². The largest absolute Gasteiger partial charge is 0.484 e. The highest BCUT2D eigenvalue weighted by Gasteiger charge is 2.17. The molecule has 1 aromatic carbocycles. The van der Waals surface area contributed by atoms with Gasteiger partial charge in [-0.2, -0.15) is 10.1 Å². The van der Waals surface area contributed by atoms with Crippen molar-refractivity contribution in [3.8, 4) is 5.75 Å². The van der Waals surface area contributed by atoms with Crippen LogP contribution in [0, 0.1) is 20.8 Å². The molecule has 32 heavy (non-hydrogen) atoms. The maximum Gasteiger partial charge on any atom is 0.316 e. The van der Waals surface area contributed by atoms with Gasteiger partial charge in [-0.15, -0.1) is 0 Å². The van der Waals surface area contributed by atoms with E-state index in [4.69, 9.17) is 32.5 Å². The molecule has 0 spiro atoms. The van der Waals surface area contributed by atoms with Crippen molar-refractivity contribution in [1.29, 1.82) is 0 Å². The molecule has 0 saturated heterocycles. The summed E-state index contributed by atoms with van der Waals surface area (Å²) in [5.41, 5.74) is 2.32. The number of ether oxygens (including phenoxy) is 1. The Morgan fingerprint density at radius 2 is 1.91 bits per heavy atom. The quantitative estimate of drug-likeness (QED) is 0.450. The first-order chi connectivity index (χ1) is 15.2. The van der Waals surface area contributed by atoms with Crippen LogP contribution in [0.5, 0.6) is 5.75 Å². The zero-order chi connectivity index (χ0) is 23.3. The van der Waals surface area contributed by atoms with Gasteiger partial charge in [0.2, 0.25) is 0 Å². The summed E-state index contributed by atoms with van der Waals surface area (Å²) < 4.78 is 12.0. The minimum atomic E-state index is -0.544. The minimum Gasteiger partial charge on any atom is -0.484 e. The molecule has 0 aliphatic heterocycles. The first kappa shape index (κ1) is 23.6. The monoisotopic (exact) mass is 480 g/mol. The lowest BCUT2D eigenvalue weighted by molar-refractivity contribution is -0.123. The van der Waals surface area contributed by atoms with Crippen LogP contribution in [0.25, 0.3) is 0 Å². The first-order valence-electron chi connectivity index (χ1n) is 9.70. The van der Waals surface area contributed by atoms with Gasteiger partial charge in [0.05, 0.1) is 16.4 Å². The molecule has 0 fully saturated rings. The Morgan fingerprint density at radius 3 is 2.59 bits per heavy atom. The summed E-state index contributed by atoms with van der Waals surface area (Å²) in [5.74, 6) is -0.209. The zero-order valence-corrected chi connectivity index (χ0v) is 19.3. The molecule has 2 N–H and O–H groups in total. The molecule has 12 heteroatoms. The van der Waals surface area contributed by atoms with Crippen LogP contribution in [-0.2, 0) is 11.3 Å². The van der Waals surface area contributed by atoms with E-state index in [1.165, 1.54) is 0 Å². The van der Waals surface area contributed by atoms with Gasteiger partial charge < -0.3 is 19.9 Å². The van der Waals surface area contributed by atoms with Crippen LogP contribution in [0.1, 0.15) is 33.5 Å². The van der Waals surface area contributed by atoms with Crippen molar-refractivity contribution in [1.82, 2.24) is 30.6 Å². The van der Waals surface area contributed by atoms with E-state index in [-0.39, 0.29) is 38.0 Å². The van der Waals surface area contributed by atoms with Gasteiger partial charge in [0, 0.05) is 18.1 Å². The van der Waals surface area contributed by atoms with E-state index < -0.39 is 5.91 Å². The van der Waals surface area contributed by atoms with E-state index in [2.05, 4.69) is 25.9 Å². The van der Waals surface area contributed by atoms with Crippen LogP contribution in [-0.4, -0.2) is 51.4 Å². The van der Waals surface area contributed by atoms with Gasteiger partial charge >= 0.3 is 11.8 Å². The Bertz CT molecular complexity index is 1130. The molecule has 2 heterocycles. The number of aromatic nitrogens is 4. The Balaban J connectivity index is 1.39. The topological polar surface area (TPSA) is 124 Å². The summed E-state index contributed by atoms with van der Waals surface area (Å²) in [4.78, 5) is 28.1. The molecule has 2 amide bonds. The number of aryl methyl sites for hydroxylation is 2. The summed E-state index contributed by atoms with van der Waals surface area (Å²) in [6, 6.07) is 5.14. The van der Waals surface area contributed by atoms with Crippen molar-refractivity contribution in [2.45, 2.75) is 27.3 Å². The lowest BCUT2D eigenvalue weighted by atomic mass is 10.2. The van der Waals surface area contributed by atoms with Gasteiger partial charge in [0.1, 0.15) is 12.3 Å². The van der Waals surface area contributed by atoms with Gasteiger partial charge in [0.25, 0.3) is 5.91 Å². The first-order valence-corrected chi connectivity index (χ1v) is 10.5. The SMILES string of the molecule is Cc1cc(OCC(=O)NCCNC(=O)c2nc(Cn3nc(C)c(Cl)c3C)no2)ccc1Cl. The van der Waals surface area contributed by atoms with Crippen molar-refractivity contribution in [2.75, 3.05) is 19.7 Å². The van der Waals surface area contributed by atoms with Crippen molar-refractivity contribution in [3.63, 3.8) is 0 Å². The van der Waals surface area contributed by atoms with E-state index >= 15 is 0 Å². The summed E-state index contributed by atoms with van der Waals surface area (Å²) in [6.07, 6.45) is 0. The molecule has 0 radical (unpaired) electrons. The van der Waals surface area contributed by atoms with Crippen molar-refractivity contribution >= 4 is 35.0 Å². The normalized spacial score (nSPS) is 10.8. The smallest absolute Gasteiger partial charge is 0.316 e. The van der Waals surface area contributed by atoms with Crippen molar-refractivity contribution < 1.29 is 18.8 Å². The second-order valence-corrected chi connectivity index (χ2v) is 7.75. The third-order valence-corrected chi connectivity index (χ3v) is 5.45. The molecule has 0 bridgehead atoms. The fraction of sp³-hybridized carbons (Fsp3) is 0.350. The third kappa shape index (κ3) is 5.98. The van der Waals surface area contributed by atoms with Crippen molar-refractivity contribution in [2.24, 2.45) is 0 Å². The third-order valence-electron chi connectivity index (χ3n) is 4.48. The highest BCUT2D eigenvalue weighted by atomic mass is 35.5. The summed E-state index contributed by atoms with van der Waals surface area (Å²) in [6.45, 7) is 5.92. The number of rotatable bonds is 9. The van der Waals surface area contributed by atoms with Gasteiger partial charge in [-0.25, -0.2) is 0 Å². The molecule has 3 aromatic rings. The molecule has 10 nitrogen and oxygen atoms in total. The highest BCUT2D eigenvalue weighted by molar-refractivity contribution is 6.32. The number of hydrogen-bond donors (Lipinski definition) is 2. The predicted octanol–water partition coefficient (Wildman–Crippen LogP) is 2.47. The molecule has 0 atom stereocenters. The van der Waals surface area contributed by atoms with Gasteiger partial charge in [0.15, 0.2) is 12.4 Å². The lowest BCUT2D eigenvalue weighted by Gasteiger charge is -2.08. The van der Waals surface area contributed by atoms with Crippen LogP contribution >= 0.6 is 23.2 Å². The number of carbonyl (C=O) groups is 2. The maximum atomic E-state index is 12.2. The van der Waals surface area contributed by atoms with E-state index in [1.807, 2.05) is 13.8 Å². The molecule has 0 aliphatic carbocycles. The van der Waals surface area contributed by atoms with E-state index in [1.54, 1.807) is 29.8 Å². The average Bonchev–Trinajstić information content (AvgIpc) is 3.33. The van der Waals surface area contributed by atoms with Crippen LogP contribution in [0.4, 0.5) is 0 Å². The number of halogens is 2. The number of nitrogens with zero attached hydrogens (tertiary/aromatic N) is 4. The Kier molecular flexibility index (Phi) is 7.70. The summed E-state index contributed by atoms with van der Waals surface area (Å²) in [5, 5.41) is 14.5. The van der Waals surface area contributed by atoms with Crippen LogP contribution in [0.3, 0.4) is 0 Å². The number of amides is 2. The van der Waals surface area contributed by atoms with Crippen molar-refractivity contribution in [3.05, 3.63) is 56.9 Å². The van der Waals surface area contributed by atoms with Crippen LogP contribution in [0.2, 0.25) is 10.0 Å². The minimum absolute atomic E-state index is 0.154. The average molecular weight is 481 g/mol. The highest BCUT2D eigenvalue weighted by Crippen LogP contribution is 2.21. The fourth-order valence-corrected chi connectivity index (χ4v) is 2.99. The van der Waals surface area contributed by atoms with Crippen LogP contribution in [0.15, 0.2) is 22.7 Å². The summed E-state index contributed by atoms with van der Waals surface area (Å²) in [7, 11) is 0. The number of hydrogen-bond acceptors (Lipinski definition) is 7. The molecule has 0 unspecified atom stereocenters. The number of benzene rings is 1. The van der Waals surface area contributed by atoms with Gasteiger partial charge in [-0.1, -0.05) is 28.4 Å². The van der Waals surface area contributed by atoms with Crippen LogP contribution < -0.4 is 15.4 Å². The summed E-state index contributed by atoms with van der Waals surface area (Å²) >= 11 is 12.1. The van der Waals surface area contributed by atoms with Gasteiger partial charge in [-0.3, -0.25) is 14.3 Å². The molecule has 0 saturated carbocycles. The molecular formula is C20H22Cl2N6O4. The molecule has 2 aromatic heterocycles. The lowest BCUT2D eigenvalue weighted by Crippen LogP contribution is -2.36. The maximum absolute atomic E-state index is 12.2. The standard InChI is InChI=1S/C20H22Cl2N6O4/c1-11-8-14(4-5-15(11)21)31-10-17(29)23-6-7-24-19(30)20-25-16(27-32-20)9-28-13(3)18(22)12(2)26-28/h4-5,8H,6-7,9-10H2,1-3H3,(H,23,29)(H,24,30). The predicted molar refractivity (Wildman–Crippen MR) is 117 cm³/mol. The molecular weight excluding hydrogens is 459 g/mol. The number of carbonyl (C=O) groups excluding carboxylic acids is 2. The Morgan fingerprint density at radius 1 is 1.16 bits per heavy atom. The molecule has 0 aliphatic rings. The Labute approximate surface area is 194 Å². The second-order valence-electron chi connectivity index (χ2n) is 6.96. The van der Waals surface area contributed by atoms with E-state index in [0.717, 1.165) is 11.3 Å². The molecule has 170 valence electrons. The Hall–Kier alpha value is -3.11. The molecule has 3 rings (SSSR count). The number of nitrogens with one attached hydrogen (secondary N) is 2. The zero-order valence-electron chi connectivity index (χ0n) is 17.7. The second kappa shape index (κ2) is 10.5. The van der Waals surface area contributed by atoms with E-state index in [9.17, 15) is 9.59 Å². The fourth-order valence-electron chi connectivity index (χ4n) is 2.73.